The highest BCUT2D eigenvalue weighted by Crippen LogP contribution is 1.82. The second kappa shape index (κ2) is 9.24. The Hall–Kier alpha value is -3.96. The summed E-state index contributed by atoms with van der Waals surface area (Å²) >= 11 is 0. The van der Waals surface area contributed by atoms with E-state index in [1.807, 2.05) is 4.98 Å². The molecule has 0 unspecified atom stereocenters. The lowest BCUT2D eigenvalue weighted by molar-refractivity contribution is 1.01. The summed E-state index contributed by atoms with van der Waals surface area (Å²) < 4.78 is 0. The fourth-order valence-corrected chi connectivity index (χ4v) is 1.24. The van der Waals surface area contributed by atoms with E-state index in [1.165, 1.54) is 30.7 Å². The second-order valence-electron chi connectivity index (χ2n) is 4.38. The van der Waals surface area contributed by atoms with Crippen molar-refractivity contribution in [3.63, 3.8) is 0 Å². The first-order valence-electron chi connectivity index (χ1n) is 6.65. The lowest BCUT2D eigenvalue weighted by Gasteiger charge is -1.84. The number of hydrogen-bond acceptors (Lipinski definition) is 7. The van der Waals surface area contributed by atoms with Crippen molar-refractivity contribution in [3.8, 4) is 0 Å². The molecule has 0 saturated carbocycles. The molecular weight excluding hydrogens is 334 g/mol. The lowest BCUT2D eigenvalue weighted by atomic mass is 10.4. The van der Waals surface area contributed by atoms with Gasteiger partial charge in [-0.05, 0) is 13.0 Å². The van der Waals surface area contributed by atoms with Gasteiger partial charge in [0.15, 0.2) is 0 Å². The first kappa shape index (κ1) is 19.1. The van der Waals surface area contributed by atoms with Gasteiger partial charge in [-0.3, -0.25) is 24.5 Å². The maximum atomic E-state index is 10.6. The quantitative estimate of drug-likeness (QED) is 0.263. The smallest absolute Gasteiger partial charge is 0.346 e. The zero-order chi connectivity index (χ0) is 18.8. The van der Waals surface area contributed by atoms with Crippen LogP contribution in [0.1, 0.15) is 5.56 Å². The van der Waals surface area contributed by atoms with Crippen LogP contribution in [0, 0.1) is 6.92 Å². The number of nitrogens with zero attached hydrogens (tertiary/aromatic N) is 1. The Kier molecular flexibility index (Phi) is 7.05. The Balaban J connectivity index is 0.000000188. The molecule has 0 amide bonds. The van der Waals surface area contributed by atoms with E-state index in [1.54, 1.807) is 6.92 Å². The summed E-state index contributed by atoms with van der Waals surface area (Å²) in [6.45, 7) is 1.62. The largest absolute Gasteiger partial charge is 0.385 e. The Morgan fingerprint density at radius 2 is 1.60 bits per heavy atom. The highest BCUT2D eigenvalue weighted by molar-refractivity contribution is 5.22. The maximum absolute atomic E-state index is 10.6. The van der Waals surface area contributed by atoms with Crippen molar-refractivity contribution in [3.05, 3.63) is 88.4 Å². The Labute approximate surface area is 137 Å². The molecule has 0 aliphatic heterocycles. The zero-order valence-electron chi connectivity index (χ0n) is 13.0. The third-order valence-corrected chi connectivity index (χ3v) is 2.39. The average molecular weight is 349 g/mol. The maximum Gasteiger partial charge on any atom is 0.346 e. The lowest BCUT2D eigenvalue weighted by Crippen LogP contribution is -2.22. The van der Waals surface area contributed by atoms with E-state index >= 15 is 0 Å². The van der Waals surface area contributed by atoms with E-state index in [9.17, 15) is 24.0 Å². The number of aryl methyl sites for hydroxylation is 1. The molecule has 132 valence electrons. The first-order valence-corrected chi connectivity index (χ1v) is 6.65. The SMILES string of the molecule is Cc1c[nH]c(=O)[nH]c1=O.Nc1ccnc(=O)[nH]1.O=c1cc[nH]c(=O)[nH]1. The summed E-state index contributed by atoms with van der Waals surface area (Å²) in [4.78, 5) is 65.8. The molecular formula is C13H15N7O5. The monoisotopic (exact) mass is 349 g/mol. The van der Waals surface area contributed by atoms with Crippen LogP contribution >= 0.6 is 0 Å². The fourth-order valence-electron chi connectivity index (χ4n) is 1.24. The molecule has 0 bridgehead atoms. The van der Waals surface area contributed by atoms with Crippen molar-refractivity contribution in [1.29, 1.82) is 0 Å². The standard InChI is InChI=1S/C5H6N2O2.C4H5N3O.C4H4N2O2/c1-3-2-6-5(9)7-4(3)8;5-3-1-2-6-4(8)7-3;7-3-1-2-5-4(8)6-3/h2H,1H3,(H2,6,7,8,9);1-2H,(H3,5,6,7,8);1-2H,(H2,5,6,7,8). The molecule has 0 spiro atoms. The minimum absolute atomic E-state index is 0.334. The molecule has 3 heterocycles. The van der Waals surface area contributed by atoms with E-state index in [-0.39, 0.29) is 11.1 Å². The summed E-state index contributed by atoms with van der Waals surface area (Å²) in [5, 5.41) is 0. The number of H-pyrrole nitrogens is 5. The Morgan fingerprint density at radius 1 is 0.920 bits per heavy atom. The number of nitrogens with one attached hydrogen (secondary N) is 5. The number of aromatic amines is 5. The van der Waals surface area contributed by atoms with Gasteiger partial charge in [-0.1, -0.05) is 0 Å². The van der Waals surface area contributed by atoms with Crippen molar-refractivity contribution in [2.24, 2.45) is 0 Å². The van der Waals surface area contributed by atoms with Crippen LogP contribution in [0.2, 0.25) is 0 Å². The number of anilines is 1. The molecule has 0 atom stereocenters. The second-order valence-corrected chi connectivity index (χ2v) is 4.38. The molecule has 0 aromatic carbocycles. The molecule has 0 radical (unpaired) electrons. The number of nitrogen functional groups attached to an aromatic ring is 1. The molecule has 7 N–H and O–H groups in total. The van der Waals surface area contributed by atoms with Crippen LogP contribution in [0.25, 0.3) is 0 Å². The number of rotatable bonds is 0. The van der Waals surface area contributed by atoms with Gasteiger partial charge in [-0.15, -0.1) is 0 Å². The third kappa shape index (κ3) is 7.73. The van der Waals surface area contributed by atoms with Gasteiger partial charge in [0.25, 0.3) is 11.1 Å². The van der Waals surface area contributed by atoms with Crippen LogP contribution in [0.15, 0.2) is 54.7 Å². The van der Waals surface area contributed by atoms with Crippen LogP contribution in [0.4, 0.5) is 5.82 Å². The van der Waals surface area contributed by atoms with Crippen LogP contribution in [-0.2, 0) is 0 Å². The molecule has 0 fully saturated rings. The molecule has 3 rings (SSSR count). The molecule has 0 saturated heterocycles. The van der Waals surface area contributed by atoms with Crippen LogP contribution in [-0.4, -0.2) is 29.9 Å². The van der Waals surface area contributed by atoms with Crippen molar-refractivity contribution >= 4 is 5.82 Å². The summed E-state index contributed by atoms with van der Waals surface area (Å²) in [5.41, 5.74) is 3.60. The minimum atomic E-state index is -0.475. The van der Waals surface area contributed by atoms with Crippen LogP contribution in [0.5, 0.6) is 0 Å². The molecule has 12 nitrogen and oxygen atoms in total. The summed E-state index contributed by atoms with van der Waals surface area (Å²) in [6, 6.07) is 2.75. The number of hydrogen-bond donors (Lipinski definition) is 6. The number of nitrogens with two attached hydrogens (primary N) is 1. The van der Waals surface area contributed by atoms with E-state index in [2.05, 4.69) is 24.9 Å². The van der Waals surface area contributed by atoms with Crippen molar-refractivity contribution in [2.75, 3.05) is 5.73 Å². The van der Waals surface area contributed by atoms with Gasteiger partial charge in [0.2, 0.25) is 0 Å². The van der Waals surface area contributed by atoms with E-state index in [0.29, 0.717) is 11.4 Å². The topological polar surface area (TPSA) is 203 Å². The van der Waals surface area contributed by atoms with Crippen molar-refractivity contribution in [2.45, 2.75) is 6.92 Å². The van der Waals surface area contributed by atoms with Crippen molar-refractivity contribution < 1.29 is 0 Å². The van der Waals surface area contributed by atoms with Gasteiger partial charge >= 0.3 is 17.1 Å². The van der Waals surface area contributed by atoms with Gasteiger partial charge in [0, 0.05) is 30.2 Å². The van der Waals surface area contributed by atoms with Crippen LogP contribution in [0.3, 0.4) is 0 Å². The van der Waals surface area contributed by atoms with E-state index in [0.717, 1.165) is 0 Å². The third-order valence-electron chi connectivity index (χ3n) is 2.39. The summed E-state index contributed by atoms with van der Waals surface area (Å²) in [6.07, 6.45) is 4.02. The Bertz CT molecular complexity index is 1060. The van der Waals surface area contributed by atoms with Gasteiger partial charge in [0.05, 0.1) is 0 Å². The first-order chi connectivity index (χ1) is 11.8. The minimum Gasteiger partial charge on any atom is -0.385 e. The number of aromatic nitrogens is 6. The Morgan fingerprint density at radius 3 is 2.00 bits per heavy atom. The van der Waals surface area contributed by atoms with Gasteiger partial charge in [-0.25, -0.2) is 19.4 Å². The average Bonchev–Trinajstić information content (AvgIpc) is 2.52. The normalized spacial score (nSPS) is 9.16. The zero-order valence-corrected chi connectivity index (χ0v) is 13.0. The van der Waals surface area contributed by atoms with Crippen LogP contribution < -0.4 is 33.9 Å². The van der Waals surface area contributed by atoms with Gasteiger partial charge < -0.3 is 15.7 Å². The summed E-state index contributed by atoms with van der Waals surface area (Å²) in [5.74, 6) is 0.338. The van der Waals surface area contributed by atoms with E-state index in [4.69, 9.17) is 5.73 Å². The predicted octanol–water partition coefficient (Wildman–Crippen LogP) is -2.21. The highest BCUT2D eigenvalue weighted by Gasteiger charge is 1.88. The molecule has 25 heavy (non-hydrogen) atoms. The fraction of sp³-hybridized carbons (Fsp3) is 0.0769. The predicted molar refractivity (Wildman–Crippen MR) is 89.4 cm³/mol. The molecule has 12 heteroatoms. The molecule has 0 aliphatic rings. The van der Waals surface area contributed by atoms with Crippen molar-refractivity contribution in [1.82, 2.24) is 29.9 Å². The van der Waals surface area contributed by atoms with Gasteiger partial charge in [0.1, 0.15) is 5.82 Å². The molecule has 3 aromatic rings. The van der Waals surface area contributed by atoms with Gasteiger partial charge in [-0.2, -0.15) is 0 Å². The summed E-state index contributed by atoms with van der Waals surface area (Å²) in [7, 11) is 0. The molecule has 3 aromatic heterocycles. The molecule has 0 aliphatic carbocycles. The highest BCUT2D eigenvalue weighted by atomic mass is 16.2. The van der Waals surface area contributed by atoms with E-state index < -0.39 is 17.1 Å².